The lowest BCUT2D eigenvalue weighted by Crippen LogP contribution is -2.20. The van der Waals surface area contributed by atoms with E-state index in [0.717, 1.165) is 22.7 Å². The summed E-state index contributed by atoms with van der Waals surface area (Å²) in [4.78, 5) is 2.10. The van der Waals surface area contributed by atoms with Gasteiger partial charge in [-0.25, -0.2) is 0 Å². The third-order valence-corrected chi connectivity index (χ3v) is 3.31. The first-order valence-electron chi connectivity index (χ1n) is 7.19. The molecule has 0 fully saturated rings. The van der Waals surface area contributed by atoms with Crippen LogP contribution in [0.4, 0.5) is 5.69 Å². The molecule has 0 aliphatic carbocycles. The molecule has 0 saturated carbocycles. The Morgan fingerprint density at radius 3 is 2.36 bits per heavy atom. The molecule has 0 saturated heterocycles. The van der Waals surface area contributed by atoms with Crippen molar-refractivity contribution in [3.05, 3.63) is 91.2 Å². The molecule has 0 N–H and O–H groups in total. The lowest BCUT2D eigenvalue weighted by molar-refractivity contribution is 0.415. The van der Waals surface area contributed by atoms with Gasteiger partial charge in [-0.15, -0.1) is 6.58 Å². The van der Waals surface area contributed by atoms with Gasteiger partial charge in [-0.3, -0.25) is 0 Å². The number of methoxy groups -OCH3 is 1. The standard InChI is InChI=1S/C20H21NO/c1-4-16-21(19-12-14-20(22-3)15-13-19)17(2)10-11-18-8-6-5-7-9-18/h4-15H,1-2,16H2,3H3/b11-10+. The van der Waals surface area contributed by atoms with Gasteiger partial charge in [-0.1, -0.05) is 49.1 Å². The van der Waals surface area contributed by atoms with E-state index in [-0.39, 0.29) is 0 Å². The molecule has 0 amide bonds. The first-order chi connectivity index (χ1) is 10.7. The Labute approximate surface area is 132 Å². The van der Waals surface area contributed by atoms with Crippen molar-refractivity contribution in [1.29, 1.82) is 0 Å². The van der Waals surface area contributed by atoms with Gasteiger partial charge in [-0.05, 0) is 35.9 Å². The summed E-state index contributed by atoms with van der Waals surface area (Å²) in [5, 5.41) is 0. The number of benzene rings is 2. The summed E-state index contributed by atoms with van der Waals surface area (Å²) in [6.07, 6.45) is 5.94. The van der Waals surface area contributed by atoms with E-state index in [1.54, 1.807) is 7.11 Å². The number of hydrogen-bond donors (Lipinski definition) is 0. The second kappa shape index (κ2) is 7.89. The fourth-order valence-electron chi connectivity index (χ4n) is 2.13. The van der Waals surface area contributed by atoms with Crippen LogP contribution in [0.3, 0.4) is 0 Å². The van der Waals surface area contributed by atoms with Gasteiger partial charge in [0.1, 0.15) is 5.75 Å². The van der Waals surface area contributed by atoms with E-state index < -0.39 is 0 Å². The van der Waals surface area contributed by atoms with Gasteiger partial charge in [0.25, 0.3) is 0 Å². The van der Waals surface area contributed by atoms with Crippen LogP contribution >= 0.6 is 0 Å². The second-order valence-corrected chi connectivity index (χ2v) is 4.83. The van der Waals surface area contributed by atoms with Crippen LogP contribution in [-0.4, -0.2) is 13.7 Å². The molecular weight excluding hydrogens is 270 g/mol. The van der Waals surface area contributed by atoms with E-state index in [1.165, 1.54) is 0 Å². The van der Waals surface area contributed by atoms with Gasteiger partial charge in [0.2, 0.25) is 0 Å². The summed E-state index contributed by atoms with van der Waals surface area (Å²) in [5.41, 5.74) is 3.12. The molecule has 2 rings (SSSR count). The van der Waals surface area contributed by atoms with Crippen LogP contribution in [0.2, 0.25) is 0 Å². The van der Waals surface area contributed by atoms with Gasteiger partial charge in [0.15, 0.2) is 0 Å². The lowest BCUT2D eigenvalue weighted by atomic mass is 10.2. The number of ether oxygens (including phenoxy) is 1. The van der Waals surface area contributed by atoms with E-state index in [1.807, 2.05) is 54.6 Å². The van der Waals surface area contributed by atoms with Crippen molar-refractivity contribution in [2.24, 2.45) is 0 Å². The van der Waals surface area contributed by atoms with E-state index in [4.69, 9.17) is 4.74 Å². The van der Waals surface area contributed by atoms with Crippen molar-refractivity contribution in [3.63, 3.8) is 0 Å². The Bertz CT molecular complexity index is 641. The van der Waals surface area contributed by atoms with Crippen molar-refractivity contribution >= 4 is 11.8 Å². The predicted molar refractivity (Wildman–Crippen MR) is 95.2 cm³/mol. The van der Waals surface area contributed by atoms with Crippen LogP contribution in [0.25, 0.3) is 6.08 Å². The van der Waals surface area contributed by atoms with Gasteiger partial charge < -0.3 is 9.64 Å². The predicted octanol–water partition coefficient (Wildman–Crippen LogP) is 4.91. The van der Waals surface area contributed by atoms with Crippen LogP contribution < -0.4 is 9.64 Å². The van der Waals surface area contributed by atoms with E-state index in [2.05, 4.69) is 36.3 Å². The summed E-state index contributed by atoms with van der Waals surface area (Å²) in [6.45, 7) is 8.70. The monoisotopic (exact) mass is 291 g/mol. The van der Waals surface area contributed by atoms with Gasteiger partial charge in [-0.2, -0.15) is 0 Å². The second-order valence-electron chi connectivity index (χ2n) is 4.83. The zero-order valence-corrected chi connectivity index (χ0v) is 12.9. The molecule has 112 valence electrons. The average Bonchev–Trinajstić information content (AvgIpc) is 2.58. The highest BCUT2D eigenvalue weighted by atomic mass is 16.5. The average molecular weight is 291 g/mol. The molecule has 2 aromatic rings. The number of allylic oxidation sites excluding steroid dienone is 1. The maximum atomic E-state index is 5.20. The molecule has 0 aliphatic rings. The normalized spacial score (nSPS) is 10.4. The maximum absolute atomic E-state index is 5.20. The third-order valence-electron chi connectivity index (χ3n) is 3.31. The molecule has 0 spiro atoms. The van der Waals surface area contributed by atoms with Crippen molar-refractivity contribution < 1.29 is 4.74 Å². The van der Waals surface area contributed by atoms with Crippen molar-refractivity contribution in [3.8, 4) is 5.75 Å². The highest BCUT2D eigenvalue weighted by molar-refractivity contribution is 5.60. The van der Waals surface area contributed by atoms with Crippen LogP contribution in [0.1, 0.15) is 5.56 Å². The first-order valence-corrected chi connectivity index (χ1v) is 7.19. The number of rotatable bonds is 7. The summed E-state index contributed by atoms with van der Waals surface area (Å²) in [5.74, 6) is 0.841. The molecular formula is C20H21NO. The van der Waals surface area contributed by atoms with Crippen LogP contribution in [-0.2, 0) is 0 Å². The molecule has 0 radical (unpaired) electrons. The van der Waals surface area contributed by atoms with E-state index in [9.17, 15) is 0 Å². The molecule has 0 heterocycles. The minimum Gasteiger partial charge on any atom is -0.497 e. The Kier molecular flexibility index (Phi) is 5.61. The Balaban J connectivity index is 2.17. The van der Waals surface area contributed by atoms with Crippen molar-refractivity contribution in [2.45, 2.75) is 0 Å². The summed E-state index contributed by atoms with van der Waals surface area (Å²) in [6, 6.07) is 18.1. The molecule has 0 unspecified atom stereocenters. The Morgan fingerprint density at radius 2 is 1.77 bits per heavy atom. The number of hydrogen-bond acceptors (Lipinski definition) is 2. The van der Waals surface area contributed by atoms with Crippen LogP contribution in [0.15, 0.2) is 85.6 Å². The highest BCUT2D eigenvalue weighted by Gasteiger charge is 2.06. The SMILES string of the molecule is C=CCN(C(=C)/C=C/c1ccccc1)c1ccc(OC)cc1. The van der Waals surface area contributed by atoms with Gasteiger partial charge >= 0.3 is 0 Å². The molecule has 22 heavy (non-hydrogen) atoms. The number of nitrogens with zero attached hydrogens (tertiary/aromatic N) is 1. The lowest BCUT2D eigenvalue weighted by Gasteiger charge is -2.24. The van der Waals surface area contributed by atoms with Crippen LogP contribution in [0, 0.1) is 0 Å². The molecule has 0 aliphatic heterocycles. The fraction of sp³-hybridized carbons (Fsp3) is 0.100. The maximum Gasteiger partial charge on any atom is 0.119 e. The molecule has 2 aromatic carbocycles. The molecule has 0 atom stereocenters. The van der Waals surface area contributed by atoms with Crippen molar-refractivity contribution in [2.75, 3.05) is 18.6 Å². The highest BCUT2D eigenvalue weighted by Crippen LogP contribution is 2.23. The molecule has 2 nitrogen and oxygen atoms in total. The molecule has 0 bridgehead atoms. The topological polar surface area (TPSA) is 12.5 Å². The Morgan fingerprint density at radius 1 is 1.09 bits per heavy atom. The summed E-state index contributed by atoms with van der Waals surface area (Å²) in [7, 11) is 1.66. The zero-order chi connectivity index (χ0) is 15.8. The van der Waals surface area contributed by atoms with Crippen LogP contribution in [0.5, 0.6) is 5.75 Å². The van der Waals surface area contributed by atoms with Gasteiger partial charge in [0, 0.05) is 17.9 Å². The zero-order valence-electron chi connectivity index (χ0n) is 12.9. The minimum absolute atomic E-state index is 0.699. The fourth-order valence-corrected chi connectivity index (χ4v) is 2.13. The smallest absolute Gasteiger partial charge is 0.119 e. The largest absolute Gasteiger partial charge is 0.497 e. The molecule has 2 heteroatoms. The quantitative estimate of drug-likeness (QED) is 0.530. The first kappa shape index (κ1) is 15.6. The third kappa shape index (κ3) is 4.13. The Hall–Kier alpha value is -2.74. The number of anilines is 1. The van der Waals surface area contributed by atoms with Crippen molar-refractivity contribution in [1.82, 2.24) is 0 Å². The van der Waals surface area contributed by atoms with E-state index >= 15 is 0 Å². The van der Waals surface area contributed by atoms with E-state index in [0.29, 0.717) is 6.54 Å². The summed E-state index contributed by atoms with van der Waals surface area (Å²) < 4.78 is 5.20. The minimum atomic E-state index is 0.699. The molecule has 0 aromatic heterocycles. The van der Waals surface area contributed by atoms with Gasteiger partial charge in [0.05, 0.1) is 7.11 Å². The summed E-state index contributed by atoms with van der Waals surface area (Å²) >= 11 is 0.